The Kier molecular flexibility index (Phi) is 2.85. The highest BCUT2D eigenvalue weighted by Gasteiger charge is 2.26. The largest absolute Gasteiger partial charge is 0.352 e. The summed E-state index contributed by atoms with van der Waals surface area (Å²) in [6.45, 7) is 3.77. The molecular weight excluding hydrogens is 184 g/mol. The van der Waals surface area contributed by atoms with Crippen LogP contribution in [0.2, 0.25) is 0 Å². The van der Waals surface area contributed by atoms with Gasteiger partial charge in [-0.2, -0.15) is 4.98 Å². The van der Waals surface area contributed by atoms with Crippen LogP contribution in [0.5, 0.6) is 0 Å². The predicted octanol–water partition coefficient (Wildman–Crippen LogP) is -0.116. The lowest BCUT2D eigenvalue weighted by Gasteiger charge is -2.17. The van der Waals surface area contributed by atoms with Crippen molar-refractivity contribution in [3.63, 3.8) is 0 Å². The van der Waals surface area contributed by atoms with Crippen molar-refractivity contribution in [1.82, 2.24) is 20.8 Å². The van der Waals surface area contributed by atoms with Crippen molar-refractivity contribution >= 4 is 5.91 Å². The molecule has 0 spiro atoms. The molecule has 0 aliphatic heterocycles. The maximum absolute atomic E-state index is 11.1. The maximum Gasteiger partial charge on any atom is 0.292 e. The molecule has 0 aliphatic rings. The molecule has 0 bridgehead atoms. The molecule has 14 heavy (non-hydrogen) atoms. The number of carbonyl (C=O) groups is 1. The van der Waals surface area contributed by atoms with Gasteiger partial charge in [-0.05, 0) is 20.9 Å². The number of aromatic nitrogens is 2. The highest BCUT2D eigenvalue weighted by Crippen LogP contribution is 2.16. The minimum absolute atomic E-state index is 0.0471. The van der Waals surface area contributed by atoms with Crippen molar-refractivity contribution in [1.29, 1.82) is 0 Å². The summed E-state index contributed by atoms with van der Waals surface area (Å²) in [6, 6.07) is 0. The van der Waals surface area contributed by atoms with Crippen LogP contribution < -0.4 is 10.6 Å². The number of nitrogens with zero attached hydrogens (tertiary/aromatic N) is 2. The Morgan fingerprint density at radius 1 is 1.43 bits per heavy atom. The van der Waals surface area contributed by atoms with Crippen LogP contribution in [0.25, 0.3) is 0 Å². The average molecular weight is 198 g/mol. The normalized spacial score (nSPS) is 11.4. The quantitative estimate of drug-likeness (QED) is 0.708. The van der Waals surface area contributed by atoms with Crippen LogP contribution in [0.15, 0.2) is 4.52 Å². The molecule has 6 heteroatoms. The van der Waals surface area contributed by atoms with E-state index in [1.807, 2.05) is 13.8 Å². The third-order valence-corrected chi connectivity index (χ3v) is 2.02. The third-order valence-electron chi connectivity index (χ3n) is 2.02. The maximum atomic E-state index is 11.1. The molecule has 0 radical (unpaired) electrons. The van der Waals surface area contributed by atoms with Crippen LogP contribution in [0.4, 0.5) is 0 Å². The topological polar surface area (TPSA) is 80.0 Å². The summed E-state index contributed by atoms with van der Waals surface area (Å²) in [4.78, 5) is 15.1. The van der Waals surface area contributed by atoms with E-state index in [9.17, 15) is 4.79 Å². The van der Waals surface area contributed by atoms with Gasteiger partial charge in [-0.1, -0.05) is 5.16 Å². The second-order valence-electron chi connectivity index (χ2n) is 3.38. The molecule has 0 saturated carbocycles. The monoisotopic (exact) mass is 198 g/mol. The standard InChI is InChI=1S/C8H14N4O2/c1-8(2,10-4)7-11-5(12-14-7)6(13)9-3/h10H,1-4H3,(H,9,13). The predicted molar refractivity (Wildman–Crippen MR) is 49.8 cm³/mol. The molecule has 0 saturated heterocycles. The van der Waals surface area contributed by atoms with E-state index < -0.39 is 5.54 Å². The number of nitrogens with one attached hydrogen (secondary N) is 2. The second-order valence-corrected chi connectivity index (χ2v) is 3.38. The van der Waals surface area contributed by atoms with Crippen LogP contribution in [0.3, 0.4) is 0 Å². The number of hydrogen-bond acceptors (Lipinski definition) is 5. The van der Waals surface area contributed by atoms with Gasteiger partial charge in [0.25, 0.3) is 11.7 Å². The summed E-state index contributed by atoms with van der Waals surface area (Å²) >= 11 is 0. The van der Waals surface area contributed by atoms with Gasteiger partial charge in [-0.3, -0.25) is 4.79 Å². The number of hydrogen-bond donors (Lipinski definition) is 2. The van der Waals surface area contributed by atoms with Crippen LogP contribution in [-0.2, 0) is 5.54 Å². The lowest BCUT2D eigenvalue weighted by atomic mass is 10.1. The Bertz CT molecular complexity index is 332. The molecule has 0 fully saturated rings. The van der Waals surface area contributed by atoms with Crippen LogP contribution in [0.1, 0.15) is 30.4 Å². The Labute approximate surface area is 82.1 Å². The van der Waals surface area contributed by atoms with Gasteiger partial charge in [0.15, 0.2) is 0 Å². The smallest absolute Gasteiger partial charge is 0.292 e. The fourth-order valence-corrected chi connectivity index (χ4v) is 0.788. The van der Waals surface area contributed by atoms with Crippen LogP contribution >= 0.6 is 0 Å². The molecule has 0 unspecified atom stereocenters. The Hall–Kier alpha value is -1.43. The summed E-state index contributed by atoms with van der Waals surface area (Å²) in [6.07, 6.45) is 0. The van der Waals surface area contributed by atoms with Crippen molar-refractivity contribution in [2.24, 2.45) is 0 Å². The van der Waals surface area contributed by atoms with E-state index in [4.69, 9.17) is 4.52 Å². The molecule has 0 atom stereocenters. The molecule has 0 aromatic carbocycles. The number of amides is 1. The molecule has 1 heterocycles. The van der Waals surface area contributed by atoms with Crippen molar-refractivity contribution in [3.05, 3.63) is 11.7 Å². The van der Waals surface area contributed by atoms with E-state index in [-0.39, 0.29) is 11.7 Å². The van der Waals surface area contributed by atoms with Crippen molar-refractivity contribution in [2.75, 3.05) is 14.1 Å². The highest BCUT2D eigenvalue weighted by atomic mass is 16.5. The first kappa shape index (κ1) is 10.6. The molecule has 1 amide bonds. The summed E-state index contributed by atoms with van der Waals surface area (Å²) in [5.74, 6) is 0.0799. The molecule has 1 aromatic rings. The van der Waals surface area contributed by atoms with Gasteiger partial charge in [0.05, 0.1) is 5.54 Å². The highest BCUT2D eigenvalue weighted by molar-refractivity contribution is 5.89. The Balaban J connectivity index is 2.93. The molecule has 6 nitrogen and oxygen atoms in total. The molecule has 1 rings (SSSR count). The van der Waals surface area contributed by atoms with Gasteiger partial charge in [0.2, 0.25) is 5.89 Å². The van der Waals surface area contributed by atoms with E-state index in [2.05, 4.69) is 20.8 Å². The lowest BCUT2D eigenvalue weighted by Crippen LogP contribution is -2.33. The summed E-state index contributed by atoms with van der Waals surface area (Å²) in [7, 11) is 3.30. The second kappa shape index (κ2) is 3.75. The lowest BCUT2D eigenvalue weighted by molar-refractivity contribution is 0.0950. The van der Waals surface area contributed by atoms with Gasteiger partial charge in [0.1, 0.15) is 0 Å². The first-order valence-corrected chi connectivity index (χ1v) is 4.26. The SMILES string of the molecule is CNC(=O)c1noc(C(C)(C)NC)n1. The molecule has 0 aliphatic carbocycles. The van der Waals surface area contributed by atoms with E-state index in [0.29, 0.717) is 5.89 Å². The first-order chi connectivity index (χ1) is 6.51. The van der Waals surface area contributed by atoms with Crippen molar-refractivity contribution in [3.8, 4) is 0 Å². The van der Waals surface area contributed by atoms with Gasteiger partial charge in [0, 0.05) is 7.05 Å². The van der Waals surface area contributed by atoms with Crippen molar-refractivity contribution in [2.45, 2.75) is 19.4 Å². The van der Waals surface area contributed by atoms with E-state index in [1.165, 1.54) is 7.05 Å². The molecule has 1 aromatic heterocycles. The fraction of sp³-hybridized carbons (Fsp3) is 0.625. The minimum atomic E-state index is -0.431. The van der Waals surface area contributed by atoms with Crippen LogP contribution in [-0.4, -0.2) is 30.1 Å². The minimum Gasteiger partial charge on any atom is -0.352 e. The van der Waals surface area contributed by atoms with E-state index in [0.717, 1.165) is 0 Å². The molecular formula is C8H14N4O2. The zero-order chi connectivity index (χ0) is 10.8. The molecule has 78 valence electrons. The van der Waals surface area contributed by atoms with Gasteiger partial charge in [-0.25, -0.2) is 0 Å². The van der Waals surface area contributed by atoms with Gasteiger partial charge in [-0.15, -0.1) is 0 Å². The fourth-order valence-electron chi connectivity index (χ4n) is 0.788. The van der Waals surface area contributed by atoms with Gasteiger partial charge < -0.3 is 15.2 Å². The number of carbonyl (C=O) groups excluding carboxylic acids is 1. The van der Waals surface area contributed by atoms with Crippen LogP contribution in [0, 0.1) is 0 Å². The Morgan fingerprint density at radius 2 is 2.07 bits per heavy atom. The summed E-state index contributed by atoms with van der Waals surface area (Å²) in [5, 5.41) is 8.98. The zero-order valence-electron chi connectivity index (χ0n) is 8.71. The summed E-state index contributed by atoms with van der Waals surface area (Å²) < 4.78 is 4.96. The zero-order valence-corrected chi connectivity index (χ0v) is 8.71. The average Bonchev–Trinajstić information content (AvgIpc) is 2.66. The van der Waals surface area contributed by atoms with E-state index >= 15 is 0 Å². The third kappa shape index (κ3) is 1.90. The van der Waals surface area contributed by atoms with Gasteiger partial charge >= 0.3 is 0 Å². The summed E-state index contributed by atoms with van der Waals surface area (Å²) in [5.41, 5.74) is -0.431. The number of rotatable bonds is 3. The van der Waals surface area contributed by atoms with Crippen molar-refractivity contribution < 1.29 is 9.32 Å². The van der Waals surface area contributed by atoms with E-state index in [1.54, 1.807) is 7.05 Å². The first-order valence-electron chi connectivity index (χ1n) is 4.26. The molecule has 2 N–H and O–H groups in total. The Morgan fingerprint density at radius 3 is 2.57 bits per heavy atom.